The van der Waals surface area contributed by atoms with Gasteiger partial charge in [0.2, 0.25) is 5.88 Å². The van der Waals surface area contributed by atoms with Crippen LogP contribution >= 0.6 is 0 Å². The lowest BCUT2D eigenvalue weighted by atomic mass is 10.1. The number of nitrogens with one attached hydrogen (secondary N) is 3. The lowest BCUT2D eigenvalue weighted by molar-refractivity contribution is 0.102. The average molecular weight is 433 g/mol. The summed E-state index contributed by atoms with van der Waals surface area (Å²) in [6.45, 7) is 3.51. The highest BCUT2D eigenvalue weighted by Gasteiger charge is 2.38. The monoisotopic (exact) mass is 433 g/mol. The van der Waals surface area contributed by atoms with Gasteiger partial charge in [0.1, 0.15) is 22.6 Å². The minimum Gasteiger partial charge on any atom is -0.480 e. The zero-order valence-electron chi connectivity index (χ0n) is 16.1. The third-order valence-corrected chi connectivity index (χ3v) is 6.66. The van der Waals surface area contributed by atoms with E-state index in [9.17, 15) is 17.6 Å². The molecule has 158 valence electrons. The van der Waals surface area contributed by atoms with Crippen LogP contribution in [0, 0.1) is 11.2 Å². The number of amides is 1. The lowest BCUT2D eigenvalue weighted by Crippen LogP contribution is -2.50. The second-order valence-electron chi connectivity index (χ2n) is 6.59. The van der Waals surface area contributed by atoms with E-state index in [1.807, 2.05) is 0 Å². The van der Waals surface area contributed by atoms with E-state index in [0.717, 1.165) is 6.07 Å². The van der Waals surface area contributed by atoms with Crippen LogP contribution in [0.3, 0.4) is 0 Å². The van der Waals surface area contributed by atoms with Crippen molar-refractivity contribution in [3.63, 3.8) is 0 Å². The van der Waals surface area contributed by atoms with E-state index in [4.69, 9.17) is 10.1 Å². The number of methoxy groups -OCH3 is 1. The number of allylic oxidation sites excluding steroid dienone is 1. The number of aromatic nitrogens is 2. The standard InChI is InChI=1S/C19H20FN5O4S/c1-3-4-16-18(21)25-15(10-30(16,27)28)12-7-11(5-6-13(12)20)24-19(26)14-8-23-17(29-2)9-22-14/h3,5-9,15-16H,1,4,10H2,2H3,(H2,21,25)(H,24,26). The number of nitrogens with zero attached hydrogens (tertiary/aromatic N) is 2. The number of carbonyl (C=O) groups excluding carboxylic acids is 1. The van der Waals surface area contributed by atoms with Crippen molar-refractivity contribution < 1.29 is 22.3 Å². The fourth-order valence-electron chi connectivity index (χ4n) is 3.06. The van der Waals surface area contributed by atoms with Gasteiger partial charge in [-0.1, -0.05) is 6.08 Å². The van der Waals surface area contributed by atoms with Gasteiger partial charge in [-0.3, -0.25) is 10.2 Å². The van der Waals surface area contributed by atoms with Crippen molar-refractivity contribution >= 4 is 27.3 Å². The molecule has 30 heavy (non-hydrogen) atoms. The molecular formula is C19H20FN5O4S. The fraction of sp³-hybridized carbons (Fsp3) is 0.263. The Morgan fingerprint density at radius 3 is 2.80 bits per heavy atom. The van der Waals surface area contributed by atoms with Crippen molar-refractivity contribution in [3.8, 4) is 5.88 Å². The van der Waals surface area contributed by atoms with Crippen molar-refractivity contribution in [2.45, 2.75) is 17.7 Å². The van der Waals surface area contributed by atoms with Crippen LogP contribution in [-0.2, 0) is 9.84 Å². The Hall–Kier alpha value is -3.34. The van der Waals surface area contributed by atoms with E-state index in [2.05, 4.69) is 27.2 Å². The quantitative estimate of drug-likeness (QED) is 0.592. The van der Waals surface area contributed by atoms with Crippen LogP contribution in [0.25, 0.3) is 0 Å². The van der Waals surface area contributed by atoms with Gasteiger partial charge in [-0.05, 0) is 24.6 Å². The van der Waals surface area contributed by atoms with Crippen molar-refractivity contribution in [3.05, 3.63) is 60.3 Å². The van der Waals surface area contributed by atoms with Gasteiger partial charge in [0.05, 0.1) is 31.3 Å². The first-order valence-electron chi connectivity index (χ1n) is 8.89. The normalized spacial score (nSPS) is 20.1. The molecule has 0 saturated carbocycles. The molecular weight excluding hydrogens is 413 g/mol. The zero-order chi connectivity index (χ0) is 21.9. The van der Waals surface area contributed by atoms with Gasteiger partial charge >= 0.3 is 0 Å². The molecule has 2 aromatic rings. The second kappa shape index (κ2) is 8.57. The minimum absolute atomic E-state index is 0.0223. The molecule has 11 heteroatoms. The van der Waals surface area contributed by atoms with E-state index < -0.39 is 32.9 Å². The predicted molar refractivity (Wildman–Crippen MR) is 109 cm³/mol. The number of rotatable bonds is 6. The maximum Gasteiger partial charge on any atom is 0.275 e. The number of ether oxygens (including phenoxy) is 1. The van der Waals surface area contributed by atoms with E-state index in [1.165, 1.54) is 37.7 Å². The van der Waals surface area contributed by atoms with E-state index in [-0.39, 0.29) is 40.8 Å². The molecule has 9 nitrogen and oxygen atoms in total. The summed E-state index contributed by atoms with van der Waals surface area (Å²) in [6, 6.07) is 2.84. The topological polar surface area (TPSA) is 134 Å². The number of halogens is 1. The van der Waals surface area contributed by atoms with Gasteiger partial charge in [-0.2, -0.15) is 0 Å². The van der Waals surface area contributed by atoms with Crippen LogP contribution in [-0.4, -0.2) is 48.2 Å². The number of hydrogen-bond acceptors (Lipinski definition) is 7. The van der Waals surface area contributed by atoms with Crippen LogP contribution in [0.5, 0.6) is 5.88 Å². The molecule has 1 aliphatic heterocycles. The molecule has 1 saturated heterocycles. The Kier molecular flexibility index (Phi) is 6.11. The van der Waals surface area contributed by atoms with Crippen LogP contribution in [0.15, 0.2) is 43.2 Å². The van der Waals surface area contributed by atoms with Gasteiger partial charge in [0.15, 0.2) is 9.84 Å². The zero-order valence-corrected chi connectivity index (χ0v) is 16.9. The molecule has 1 aromatic carbocycles. The molecule has 1 aromatic heterocycles. The highest BCUT2D eigenvalue weighted by Crippen LogP contribution is 2.28. The summed E-state index contributed by atoms with van der Waals surface area (Å²) >= 11 is 0. The Balaban J connectivity index is 1.82. The van der Waals surface area contributed by atoms with Gasteiger partial charge < -0.3 is 15.4 Å². The van der Waals surface area contributed by atoms with Crippen LogP contribution in [0.4, 0.5) is 10.1 Å². The summed E-state index contributed by atoms with van der Waals surface area (Å²) in [6.07, 6.45) is 4.04. The molecule has 2 unspecified atom stereocenters. The van der Waals surface area contributed by atoms with Gasteiger partial charge in [-0.25, -0.2) is 22.8 Å². The molecule has 1 aliphatic rings. The molecule has 3 N–H and O–H groups in total. The lowest BCUT2D eigenvalue weighted by Gasteiger charge is -2.31. The maximum atomic E-state index is 14.5. The number of sulfone groups is 1. The van der Waals surface area contributed by atoms with E-state index in [0.29, 0.717) is 0 Å². The van der Waals surface area contributed by atoms with Crippen molar-refractivity contribution in [1.82, 2.24) is 15.3 Å². The largest absolute Gasteiger partial charge is 0.480 e. The molecule has 1 fully saturated rings. The maximum absolute atomic E-state index is 14.5. The van der Waals surface area contributed by atoms with Crippen molar-refractivity contribution in [2.75, 3.05) is 18.2 Å². The average Bonchev–Trinajstić information content (AvgIpc) is 2.71. The SMILES string of the molecule is C=CCC1C(=N)NC(c2cc(NC(=O)c3cnc(OC)cn3)ccc2F)CS1(=O)=O. The fourth-order valence-corrected chi connectivity index (χ4v) is 4.87. The van der Waals surface area contributed by atoms with Crippen molar-refractivity contribution in [1.29, 1.82) is 5.41 Å². The predicted octanol–water partition coefficient (Wildman–Crippen LogP) is 1.86. The summed E-state index contributed by atoms with van der Waals surface area (Å²) < 4.78 is 44.4. The summed E-state index contributed by atoms with van der Waals surface area (Å²) in [5.74, 6) is -1.58. The van der Waals surface area contributed by atoms with Crippen LogP contribution in [0.1, 0.15) is 28.5 Å². The van der Waals surface area contributed by atoms with Gasteiger partial charge in [0, 0.05) is 11.3 Å². The first kappa shape index (κ1) is 21.4. The van der Waals surface area contributed by atoms with Crippen LogP contribution in [0.2, 0.25) is 0 Å². The van der Waals surface area contributed by atoms with E-state index >= 15 is 0 Å². The number of benzene rings is 1. The molecule has 1 amide bonds. The number of carbonyl (C=O) groups is 1. The second-order valence-corrected chi connectivity index (χ2v) is 8.82. The summed E-state index contributed by atoms with van der Waals surface area (Å²) in [4.78, 5) is 20.2. The first-order valence-corrected chi connectivity index (χ1v) is 10.6. The Morgan fingerprint density at radius 2 is 2.20 bits per heavy atom. The molecule has 0 radical (unpaired) electrons. The third kappa shape index (κ3) is 4.46. The Labute approximate surface area is 172 Å². The van der Waals surface area contributed by atoms with Gasteiger partial charge in [0.25, 0.3) is 5.91 Å². The summed E-state index contributed by atoms with van der Waals surface area (Å²) in [5, 5.41) is 12.3. The minimum atomic E-state index is -3.68. The third-order valence-electron chi connectivity index (χ3n) is 4.56. The number of amidine groups is 1. The highest BCUT2D eigenvalue weighted by molar-refractivity contribution is 7.92. The van der Waals surface area contributed by atoms with E-state index in [1.54, 1.807) is 0 Å². The number of anilines is 1. The van der Waals surface area contributed by atoms with Crippen LogP contribution < -0.4 is 15.4 Å². The first-order chi connectivity index (χ1) is 14.2. The molecule has 2 atom stereocenters. The van der Waals surface area contributed by atoms with Crippen molar-refractivity contribution in [2.24, 2.45) is 0 Å². The molecule has 3 rings (SSSR count). The smallest absolute Gasteiger partial charge is 0.275 e. The highest BCUT2D eigenvalue weighted by atomic mass is 32.2. The molecule has 0 aliphatic carbocycles. The molecule has 0 bridgehead atoms. The Bertz CT molecular complexity index is 1090. The summed E-state index contributed by atoms with van der Waals surface area (Å²) in [7, 11) is -2.26. The molecule has 2 heterocycles. The summed E-state index contributed by atoms with van der Waals surface area (Å²) in [5.41, 5.74) is 0.293. The molecule has 0 spiro atoms. The van der Waals surface area contributed by atoms with Gasteiger partial charge in [-0.15, -0.1) is 6.58 Å². The number of hydrogen-bond donors (Lipinski definition) is 3. The Morgan fingerprint density at radius 1 is 1.43 bits per heavy atom.